The highest BCUT2D eigenvalue weighted by molar-refractivity contribution is 6.45. The van der Waals surface area contributed by atoms with Crippen LogP contribution in [0.25, 0.3) is 11.0 Å². The molecule has 2 nitrogen and oxygen atoms in total. The minimum atomic E-state index is -4.82. The molecule has 0 atom stereocenters. The van der Waals surface area contributed by atoms with E-state index in [1.165, 1.54) is 12.3 Å². The fourth-order valence-corrected chi connectivity index (χ4v) is 1.65. The normalized spacial score (nSPS) is 12.1. The Balaban J connectivity index is 2.57. The van der Waals surface area contributed by atoms with E-state index in [1.807, 2.05) is 0 Å². The van der Waals surface area contributed by atoms with Crippen molar-refractivity contribution in [2.75, 3.05) is 0 Å². The molecule has 2 aromatic rings. The van der Waals surface area contributed by atoms with E-state index >= 15 is 0 Å². The van der Waals surface area contributed by atoms with Crippen LogP contribution in [0.1, 0.15) is 0 Å². The molecule has 0 spiro atoms. The molecule has 0 aliphatic rings. The number of hydrogen-bond acceptors (Lipinski definition) is 2. The summed E-state index contributed by atoms with van der Waals surface area (Å²) in [6.07, 6.45) is -3.52. The highest BCUT2D eigenvalue weighted by Crippen LogP contribution is 2.40. The van der Waals surface area contributed by atoms with Crippen molar-refractivity contribution in [3.05, 3.63) is 28.4 Å². The van der Waals surface area contributed by atoms with Crippen molar-refractivity contribution < 1.29 is 22.3 Å². The lowest BCUT2D eigenvalue weighted by molar-refractivity contribution is -0.274. The maximum absolute atomic E-state index is 12.0. The smallest absolute Gasteiger partial charge is 0.463 e. The van der Waals surface area contributed by atoms with Crippen molar-refractivity contribution >= 4 is 34.2 Å². The summed E-state index contributed by atoms with van der Waals surface area (Å²) in [5, 5.41) is -0.0569. The van der Waals surface area contributed by atoms with Crippen LogP contribution < -0.4 is 4.74 Å². The van der Waals surface area contributed by atoms with Crippen molar-refractivity contribution in [3.8, 4) is 5.75 Å². The lowest BCUT2D eigenvalue weighted by Gasteiger charge is -2.11. The van der Waals surface area contributed by atoms with Gasteiger partial charge in [-0.1, -0.05) is 23.2 Å². The summed E-state index contributed by atoms with van der Waals surface area (Å²) in [6, 6.07) is 2.57. The van der Waals surface area contributed by atoms with E-state index in [0.29, 0.717) is 5.39 Å². The Morgan fingerprint density at radius 1 is 1.19 bits per heavy atom. The van der Waals surface area contributed by atoms with Gasteiger partial charge in [0.05, 0.1) is 6.26 Å². The van der Waals surface area contributed by atoms with Crippen molar-refractivity contribution in [1.82, 2.24) is 0 Å². The third-order valence-electron chi connectivity index (χ3n) is 1.82. The van der Waals surface area contributed by atoms with E-state index < -0.39 is 12.1 Å². The van der Waals surface area contributed by atoms with Crippen molar-refractivity contribution in [1.29, 1.82) is 0 Å². The van der Waals surface area contributed by atoms with E-state index in [-0.39, 0.29) is 15.6 Å². The van der Waals surface area contributed by atoms with Gasteiger partial charge in [-0.25, -0.2) is 0 Å². The zero-order valence-electron chi connectivity index (χ0n) is 7.44. The molecule has 0 fully saturated rings. The molecule has 0 bridgehead atoms. The van der Waals surface area contributed by atoms with Crippen LogP contribution in [-0.2, 0) is 0 Å². The summed E-state index contributed by atoms with van der Waals surface area (Å²) >= 11 is 11.3. The van der Waals surface area contributed by atoms with Crippen molar-refractivity contribution in [3.63, 3.8) is 0 Å². The van der Waals surface area contributed by atoms with Crippen LogP contribution in [0.15, 0.2) is 22.8 Å². The first-order chi connectivity index (χ1) is 7.38. The second kappa shape index (κ2) is 3.75. The van der Waals surface area contributed by atoms with E-state index in [1.54, 1.807) is 0 Å². The maximum Gasteiger partial charge on any atom is 0.573 e. The third-order valence-corrected chi connectivity index (χ3v) is 2.65. The average molecular weight is 271 g/mol. The second-order valence-corrected chi connectivity index (χ2v) is 3.65. The quantitative estimate of drug-likeness (QED) is 0.753. The largest absolute Gasteiger partial charge is 0.573 e. The molecule has 0 N–H and O–H groups in total. The van der Waals surface area contributed by atoms with Crippen molar-refractivity contribution in [2.45, 2.75) is 6.36 Å². The summed E-state index contributed by atoms with van der Waals surface area (Å²) in [5.74, 6) is -0.548. The van der Waals surface area contributed by atoms with Gasteiger partial charge >= 0.3 is 6.36 Å². The molecule has 1 aromatic heterocycles. The molecule has 2 rings (SSSR count). The fourth-order valence-electron chi connectivity index (χ4n) is 1.22. The molecule has 1 aromatic carbocycles. The molecule has 16 heavy (non-hydrogen) atoms. The standard InChI is InChI=1S/C9H3Cl2F3O2/c10-6-5(16-9(12,13)14)3-4-1-2-15-8(4)7(6)11/h1-3H. The number of fused-ring (bicyclic) bond motifs is 1. The lowest BCUT2D eigenvalue weighted by Crippen LogP contribution is -2.17. The molecular formula is C9H3Cl2F3O2. The molecule has 86 valence electrons. The van der Waals surface area contributed by atoms with Crippen LogP contribution in [0.4, 0.5) is 13.2 Å². The number of furan rings is 1. The Kier molecular flexibility index (Phi) is 2.67. The molecule has 0 radical (unpaired) electrons. The van der Waals surface area contributed by atoms with Gasteiger partial charge in [0.1, 0.15) is 15.8 Å². The minimum absolute atomic E-state index is 0.108. The van der Waals surface area contributed by atoms with Gasteiger partial charge in [-0.3, -0.25) is 0 Å². The molecule has 7 heteroatoms. The van der Waals surface area contributed by atoms with Gasteiger partial charge in [0, 0.05) is 5.39 Å². The predicted octanol–water partition coefficient (Wildman–Crippen LogP) is 4.64. The third kappa shape index (κ3) is 2.05. The van der Waals surface area contributed by atoms with Crippen LogP contribution >= 0.6 is 23.2 Å². The highest BCUT2D eigenvalue weighted by Gasteiger charge is 2.33. The predicted molar refractivity (Wildman–Crippen MR) is 52.9 cm³/mol. The summed E-state index contributed by atoms with van der Waals surface area (Å²) in [4.78, 5) is 0. The molecule has 0 saturated heterocycles. The fraction of sp³-hybridized carbons (Fsp3) is 0.111. The first kappa shape index (κ1) is 11.4. The number of hydrogen-bond donors (Lipinski definition) is 0. The maximum atomic E-state index is 12.0. The minimum Gasteiger partial charge on any atom is -0.463 e. The van der Waals surface area contributed by atoms with Gasteiger partial charge in [-0.05, 0) is 12.1 Å². The first-order valence-corrected chi connectivity index (χ1v) is 4.75. The highest BCUT2D eigenvalue weighted by atomic mass is 35.5. The van der Waals surface area contributed by atoms with E-state index in [4.69, 9.17) is 27.6 Å². The van der Waals surface area contributed by atoms with Crippen LogP contribution in [0, 0.1) is 0 Å². The van der Waals surface area contributed by atoms with Gasteiger partial charge in [-0.2, -0.15) is 0 Å². The molecule has 1 heterocycles. The lowest BCUT2D eigenvalue weighted by atomic mass is 10.2. The average Bonchev–Trinajstić information content (AvgIpc) is 2.59. The number of alkyl halides is 3. The van der Waals surface area contributed by atoms with Gasteiger partial charge in [0.15, 0.2) is 5.58 Å². The zero-order valence-corrected chi connectivity index (χ0v) is 8.95. The van der Waals surface area contributed by atoms with Gasteiger partial charge < -0.3 is 9.15 Å². The SMILES string of the molecule is FC(F)(F)Oc1cc2ccoc2c(Cl)c1Cl. The van der Waals surface area contributed by atoms with Gasteiger partial charge in [0.25, 0.3) is 0 Å². The van der Waals surface area contributed by atoms with Crippen LogP contribution in [0.5, 0.6) is 5.75 Å². The Bertz CT molecular complexity index is 533. The second-order valence-electron chi connectivity index (χ2n) is 2.89. The summed E-state index contributed by atoms with van der Waals surface area (Å²) < 4.78 is 44.8. The summed E-state index contributed by atoms with van der Waals surface area (Å²) in [6.45, 7) is 0. The van der Waals surface area contributed by atoms with Gasteiger partial charge in [-0.15, -0.1) is 13.2 Å². The van der Waals surface area contributed by atoms with Crippen LogP contribution in [0.3, 0.4) is 0 Å². The topological polar surface area (TPSA) is 22.4 Å². The molecule has 0 unspecified atom stereocenters. The van der Waals surface area contributed by atoms with Crippen LogP contribution in [-0.4, -0.2) is 6.36 Å². The Hall–Kier alpha value is -1.07. The Morgan fingerprint density at radius 2 is 1.88 bits per heavy atom. The summed E-state index contributed by atoms with van der Waals surface area (Å²) in [5.41, 5.74) is 0.223. The Morgan fingerprint density at radius 3 is 2.50 bits per heavy atom. The monoisotopic (exact) mass is 270 g/mol. The molecule has 0 amide bonds. The van der Waals surface area contributed by atoms with Crippen molar-refractivity contribution in [2.24, 2.45) is 0 Å². The number of rotatable bonds is 1. The summed E-state index contributed by atoms with van der Waals surface area (Å²) in [7, 11) is 0. The zero-order chi connectivity index (χ0) is 11.9. The van der Waals surface area contributed by atoms with Crippen LogP contribution in [0.2, 0.25) is 10.0 Å². The molecule has 0 aliphatic carbocycles. The molecule has 0 saturated carbocycles. The molecular weight excluding hydrogens is 268 g/mol. The Labute approximate surface area is 97.5 Å². The van der Waals surface area contributed by atoms with E-state index in [9.17, 15) is 13.2 Å². The van der Waals surface area contributed by atoms with Gasteiger partial charge in [0.2, 0.25) is 0 Å². The molecule has 0 aliphatic heterocycles. The first-order valence-electron chi connectivity index (χ1n) is 3.99. The number of halogens is 5. The van der Waals surface area contributed by atoms with E-state index in [2.05, 4.69) is 4.74 Å². The number of ether oxygens (including phenoxy) is 1. The number of benzene rings is 1. The van der Waals surface area contributed by atoms with E-state index in [0.717, 1.165) is 6.07 Å².